The van der Waals surface area contributed by atoms with Gasteiger partial charge in [-0.3, -0.25) is 0 Å². The van der Waals surface area contributed by atoms with Crippen molar-refractivity contribution in [3.05, 3.63) is 68.8 Å². The summed E-state index contributed by atoms with van der Waals surface area (Å²) in [5.74, 6) is 0. The van der Waals surface area contributed by atoms with Crippen molar-refractivity contribution in [1.29, 1.82) is 0 Å². The molecule has 2 aromatic rings. The molecule has 0 aromatic heterocycles. The number of rotatable bonds is 4. The molecule has 2 N–H and O–H groups in total. The van der Waals surface area contributed by atoms with Gasteiger partial charge in [-0.1, -0.05) is 24.3 Å². The number of hydrogen-bond donors (Lipinski definition) is 2. The molecule has 174 valence electrons. The van der Waals surface area contributed by atoms with Gasteiger partial charge < -0.3 is 29.2 Å². The highest BCUT2D eigenvalue weighted by Gasteiger charge is 2.48. The molecule has 2 aliphatic heterocycles. The van der Waals surface area contributed by atoms with Crippen molar-refractivity contribution >= 4 is 0 Å². The van der Waals surface area contributed by atoms with E-state index in [-0.39, 0.29) is 0 Å². The van der Waals surface area contributed by atoms with Crippen LogP contribution >= 0.6 is 0 Å². The van der Waals surface area contributed by atoms with E-state index < -0.39 is 43.6 Å². The van der Waals surface area contributed by atoms with Gasteiger partial charge in [0.15, 0.2) is 12.6 Å². The normalized spacial score (nSPS) is 28.9. The molecule has 0 amide bonds. The summed E-state index contributed by atoms with van der Waals surface area (Å²) in [5, 5.41) is 20.3. The standard InChI is InChI=1S/C26H34O6/c1-13-7-17(5)19(9-15(13)3)25-29-12-22-24(32-25)23(21(28)11-27)31-26(30-22)20-10-16(4)14(2)8-18(20)6/h7-10,21-28H,11-12H2,1-6H3/t21-,22+,23-,24-,25?,26?/m1/s1. The molecule has 0 spiro atoms. The zero-order valence-electron chi connectivity index (χ0n) is 19.7. The lowest BCUT2D eigenvalue weighted by Crippen LogP contribution is -2.58. The first-order valence-corrected chi connectivity index (χ1v) is 11.2. The fourth-order valence-electron chi connectivity index (χ4n) is 4.56. The minimum absolute atomic E-state index is 0.306. The van der Waals surface area contributed by atoms with E-state index in [4.69, 9.17) is 18.9 Å². The highest BCUT2D eigenvalue weighted by Crippen LogP contribution is 2.40. The average Bonchev–Trinajstić information content (AvgIpc) is 2.77. The van der Waals surface area contributed by atoms with Crippen molar-refractivity contribution in [3.8, 4) is 0 Å². The van der Waals surface area contributed by atoms with Gasteiger partial charge in [-0.05, 0) is 74.9 Å². The third-order valence-corrected chi connectivity index (χ3v) is 6.80. The van der Waals surface area contributed by atoms with E-state index in [9.17, 15) is 10.2 Å². The largest absolute Gasteiger partial charge is 0.394 e. The molecule has 2 fully saturated rings. The van der Waals surface area contributed by atoms with E-state index in [1.807, 2.05) is 20.8 Å². The predicted molar refractivity (Wildman–Crippen MR) is 120 cm³/mol. The first-order chi connectivity index (χ1) is 15.2. The summed E-state index contributed by atoms with van der Waals surface area (Å²) >= 11 is 0. The molecule has 6 nitrogen and oxygen atoms in total. The van der Waals surface area contributed by atoms with Crippen molar-refractivity contribution in [3.63, 3.8) is 0 Å². The van der Waals surface area contributed by atoms with Crippen LogP contribution in [0.25, 0.3) is 0 Å². The topological polar surface area (TPSA) is 77.4 Å². The summed E-state index contributed by atoms with van der Waals surface area (Å²) in [6.45, 7) is 12.2. The van der Waals surface area contributed by atoms with Gasteiger partial charge in [0.1, 0.15) is 24.4 Å². The average molecular weight is 443 g/mol. The van der Waals surface area contributed by atoms with Crippen LogP contribution in [0.1, 0.15) is 57.1 Å². The second-order valence-corrected chi connectivity index (χ2v) is 9.21. The smallest absolute Gasteiger partial charge is 0.185 e. The number of aliphatic hydroxyl groups excluding tert-OH is 2. The maximum atomic E-state index is 10.6. The van der Waals surface area contributed by atoms with Crippen LogP contribution in [0, 0.1) is 41.5 Å². The Bertz CT molecular complexity index is 985. The Kier molecular flexibility index (Phi) is 6.73. The Balaban J connectivity index is 1.62. The van der Waals surface area contributed by atoms with E-state index in [1.54, 1.807) is 0 Å². The summed E-state index contributed by atoms with van der Waals surface area (Å²) in [6.07, 6.45) is -4.10. The molecular formula is C26H34O6. The number of hydrogen-bond acceptors (Lipinski definition) is 6. The van der Waals surface area contributed by atoms with Crippen molar-refractivity contribution in [2.24, 2.45) is 0 Å². The van der Waals surface area contributed by atoms with Crippen LogP contribution in [0.4, 0.5) is 0 Å². The Hall–Kier alpha value is -1.80. The first-order valence-electron chi connectivity index (χ1n) is 11.2. The quantitative estimate of drug-likeness (QED) is 0.750. The molecule has 2 heterocycles. The van der Waals surface area contributed by atoms with Gasteiger partial charge in [0.05, 0.1) is 13.2 Å². The molecule has 0 radical (unpaired) electrons. The molecule has 2 aliphatic rings. The molecule has 6 heteroatoms. The molecule has 2 saturated heterocycles. The predicted octanol–water partition coefficient (Wildman–Crippen LogP) is 3.79. The second kappa shape index (κ2) is 9.21. The monoisotopic (exact) mass is 442 g/mol. The van der Waals surface area contributed by atoms with Crippen LogP contribution in [0.2, 0.25) is 0 Å². The van der Waals surface area contributed by atoms with E-state index in [0.717, 1.165) is 33.4 Å². The lowest BCUT2D eigenvalue weighted by Gasteiger charge is -2.47. The molecule has 32 heavy (non-hydrogen) atoms. The van der Waals surface area contributed by atoms with Crippen molar-refractivity contribution in [2.75, 3.05) is 13.2 Å². The summed E-state index contributed by atoms with van der Waals surface area (Å²) in [6, 6.07) is 8.37. The molecule has 2 unspecified atom stereocenters. The Morgan fingerprint density at radius 2 is 1.28 bits per heavy atom. The molecule has 2 aromatic carbocycles. The number of fused-ring (bicyclic) bond motifs is 1. The SMILES string of the molecule is Cc1cc(C)c(C2OC[C@@H]3OC(c4cc(C)c(C)cc4C)O[C@H]([C@H](O)CO)[C@@H]3O2)cc1C. The van der Waals surface area contributed by atoms with E-state index in [0.29, 0.717) is 6.61 Å². The van der Waals surface area contributed by atoms with Gasteiger partial charge in [0.2, 0.25) is 0 Å². The Morgan fingerprint density at radius 1 is 0.750 bits per heavy atom. The third-order valence-electron chi connectivity index (χ3n) is 6.80. The van der Waals surface area contributed by atoms with Crippen molar-refractivity contribution in [1.82, 2.24) is 0 Å². The van der Waals surface area contributed by atoms with Gasteiger partial charge in [0, 0.05) is 11.1 Å². The third kappa shape index (κ3) is 4.36. The number of aliphatic hydroxyl groups is 2. The fourth-order valence-corrected chi connectivity index (χ4v) is 4.56. The molecular weight excluding hydrogens is 408 g/mol. The van der Waals surface area contributed by atoms with E-state index in [2.05, 4.69) is 45.0 Å². The highest BCUT2D eigenvalue weighted by molar-refractivity contribution is 5.38. The maximum absolute atomic E-state index is 10.6. The molecule has 0 aliphatic carbocycles. The van der Waals surface area contributed by atoms with Crippen LogP contribution in [-0.2, 0) is 18.9 Å². The van der Waals surface area contributed by atoms with E-state index in [1.165, 1.54) is 11.1 Å². The summed E-state index contributed by atoms with van der Waals surface area (Å²) < 4.78 is 24.9. The van der Waals surface area contributed by atoms with Gasteiger partial charge >= 0.3 is 0 Å². The van der Waals surface area contributed by atoms with Gasteiger partial charge in [-0.15, -0.1) is 0 Å². The molecule has 4 rings (SSSR count). The zero-order valence-corrected chi connectivity index (χ0v) is 19.7. The van der Waals surface area contributed by atoms with Crippen molar-refractivity contribution < 1.29 is 29.2 Å². The second-order valence-electron chi connectivity index (χ2n) is 9.21. The number of ether oxygens (including phenoxy) is 4. The lowest BCUT2D eigenvalue weighted by molar-refractivity contribution is -0.373. The maximum Gasteiger partial charge on any atom is 0.185 e. The first kappa shape index (κ1) is 23.4. The van der Waals surface area contributed by atoms with Crippen LogP contribution in [-0.4, -0.2) is 47.8 Å². The zero-order chi connectivity index (χ0) is 23.2. The van der Waals surface area contributed by atoms with Gasteiger partial charge in [-0.25, -0.2) is 0 Å². The molecule has 0 bridgehead atoms. The summed E-state index contributed by atoms with van der Waals surface area (Å²) in [4.78, 5) is 0. The summed E-state index contributed by atoms with van der Waals surface area (Å²) in [5.41, 5.74) is 8.71. The van der Waals surface area contributed by atoms with Crippen LogP contribution < -0.4 is 0 Å². The van der Waals surface area contributed by atoms with Crippen LogP contribution in [0.15, 0.2) is 24.3 Å². The van der Waals surface area contributed by atoms with Crippen LogP contribution in [0.5, 0.6) is 0 Å². The Morgan fingerprint density at radius 3 is 1.84 bits per heavy atom. The fraction of sp³-hybridized carbons (Fsp3) is 0.538. The van der Waals surface area contributed by atoms with E-state index >= 15 is 0 Å². The van der Waals surface area contributed by atoms with Crippen molar-refractivity contribution in [2.45, 2.75) is 78.5 Å². The minimum atomic E-state index is -1.10. The minimum Gasteiger partial charge on any atom is -0.394 e. The van der Waals surface area contributed by atoms with Gasteiger partial charge in [-0.2, -0.15) is 0 Å². The van der Waals surface area contributed by atoms with Crippen LogP contribution in [0.3, 0.4) is 0 Å². The van der Waals surface area contributed by atoms with Gasteiger partial charge in [0.25, 0.3) is 0 Å². The summed E-state index contributed by atoms with van der Waals surface area (Å²) in [7, 11) is 0. The Labute approximate surface area is 190 Å². The molecule has 0 saturated carbocycles. The lowest BCUT2D eigenvalue weighted by atomic mass is 9.96. The number of aryl methyl sites for hydroxylation is 6. The highest BCUT2D eigenvalue weighted by atomic mass is 16.8. The molecule has 6 atom stereocenters. The number of benzene rings is 2.